The first-order chi connectivity index (χ1) is 9.72. The summed E-state index contributed by atoms with van der Waals surface area (Å²) >= 11 is 0. The smallest absolute Gasteiger partial charge is 0.166 e. The van der Waals surface area contributed by atoms with Crippen molar-refractivity contribution in [3.8, 4) is 11.5 Å². The second-order valence-electron chi connectivity index (χ2n) is 5.29. The molecule has 2 nitrogen and oxygen atoms in total. The number of hydrogen-bond donors (Lipinski definition) is 1. The van der Waals surface area contributed by atoms with Crippen molar-refractivity contribution in [3.05, 3.63) is 59.4 Å². The molecule has 3 heteroatoms. The number of ether oxygens (including phenoxy) is 1. The van der Waals surface area contributed by atoms with Gasteiger partial charge in [-0.2, -0.15) is 0 Å². The van der Waals surface area contributed by atoms with E-state index in [9.17, 15) is 4.39 Å². The Balaban J connectivity index is 1.71. The molecule has 20 heavy (non-hydrogen) atoms. The van der Waals surface area contributed by atoms with Crippen LogP contribution >= 0.6 is 0 Å². The lowest BCUT2D eigenvalue weighted by atomic mass is 10.2. The van der Waals surface area contributed by atoms with Crippen molar-refractivity contribution in [3.63, 3.8) is 0 Å². The molecule has 1 saturated carbocycles. The molecule has 0 radical (unpaired) electrons. The Morgan fingerprint density at radius 3 is 2.65 bits per heavy atom. The van der Waals surface area contributed by atoms with Crippen molar-refractivity contribution in [2.45, 2.75) is 32.4 Å². The topological polar surface area (TPSA) is 21.3 Å². The predicted octanol–water partition coefficient (Wildman–Crippen LogP) is 4.18. The summed E-state index contributed by atoms with van der Waals surface area (Å²) in [5.74, 6) is 0.646. The van der Waals surface area contributed by atoms with E-state index in [-0.39, 0.29) is 11.6 Å². The third-order valence-corrected chi connectivity index (χ3v) is 3.48. The van der Waals surface area contributed by atoms with Crippen LogP contribution in [0.3, 0.4) is 0 Å². The Hall–Kier alpha value is -1.87. The number of rotatable bonds is 5. The van der Waals surface area contributed by atoms with Gasteiger partial charge in [0.05, 0.1) is 0 Å². The first-order valence-electron chi connectivity index (χ1n) is 6.97. The summed E-state index contributed by atoms with van der Waals surface area (Å²) < 4.78 is 19.7. The minimum Gasteiger partial charge on any atom is -0.454 e. The molecule has 1 aliphatic carbocycles. The van der Waals surface area contributed by atoms with Crippen molar-refractivity contribution in [2.24, 2.45) is 0 Å². The van der Waals surface area contributed by atoms with E-state index in [1.807, 2.05) is 37.3 Å². The maximum absolute atomic E-state index is 14.1. The summed E-state index contributed by atoms with van der Waals surface area (Å²) in [6.07, 6.45) is 2.47. The number of benzene rings is 2. The second-order valence-corrected chi connectivity index (χ2v) is 5.29. The van der Waals surface area contributed by atoms with Gasteiger partial charge in [-0.15, -0.1) is 0 Å². The zero-order valence-electron chi connectivity index (χ0n) is 11.5. The maximum atomic E-state index is 14.1. The fourth-order valence-electron chi connectivity index (χ4n) is 2.08. The highest BCUT2D eigenvalue weighted by molar-refractivity contribution is 5.38. The Morgan fingerprint density at radius 2 is 1.95 bits per heavy atom. The Bertz CT molecular complexity index is 608. The lowest BCUT2D eigenvalue weighted by Crippen LogP contribution is -2.15. The molecule has 0 saturated heterocycles. The molecule has 0 atom stereocenters. The zero-order valence-corrected chi connectivity index (χ0v) is 11.5. The van der Waals surface area contributed by atoms with Gasteiger partial charge >= 0.3 is 0 Å². The maximum Gasteiger partial charge on any atom is 0.166 e. The van der Waals surface area contributed by atoms with Gasteiger partial charge in [0.1, 0.15) is 5.75 Å². The summed E-state index contributed by atoms with van der Waals surface area (Å²) in [6.45, 7) is 2.66. The molecular formula is C17H18FNO. The van der Waals surface area contributed by atoms with E-state index < -0.39 is 0 Å². The molecule has 0 bridgehead atoms. The SMILES string of the molecule is Cc1ccccc1Oc1ccc(CNC2CC2)cc1F. The molecule has 0 aromatic heterocycles. The molecule has 0 heterocycles. The predicted molar refractivity (Wildman–Crippen MR) is 77.5 cm³/mol. The van der Waals surface area contributed by atoms with Crippen LogP contribution in [0.1, 0.15) is 24.0 Å². The van der Waals surface area contributed by atoms with Crippen LogP contribution in [0.4, 0.5) is 4.39 Å². The van der Waals surface area contributed by atoms with E-state index in [1.54, 1.807) is 12.1 Å². The Kier molecular flexibility index (Phi) is 3.70. The summed E-state index contributed by atoms with van der Waals surface area (Å²) in [5, 5.41) is 3.37. The normalized spacial score (nSPS) is 14.3. The zero-order chi connectivity index (χ0) is 13.9. The molecular weight excluding hydrogens is 253 g/mol. The number of nitrogens with one attached hydrogen (secondary N) is 1. The number of aryl methyl sites for hydroxylation is 1. The van der Waals surface area contributed by atoms with Crippen LogP contribution in [-0.4, -0.2) is 6.04 Å². The van der Waals surface area contributed by atoms with Crippen LogP contribution in [0.15, 0.2) is 42.5 Å². The van der Waals surface area contributed by atoms with E-state index in [2.05, 4.69) is 5.32 Å². The Labute approximate surface area is 118 Å². The van der Waals surface area contributed by atoms with Gasteiger partial charge < -0.3 is 10.1 Å². The highest BCUT2D eigenvalue weighted by Crippen LogP contribution is 2.27. The quantitative estimate of drug-likeness (QED) is 0.881. The standard InChI is InChI=1S/C17H18FNO/c1-12-4-2-3-5-16(12)20-17-9-6-13(10-15(17)18)11-19-14-7-8-14/h2-6,9-10,14,19H,7-8,11H2,1H3. The van der Waals surface area contributed by atoms with Crippen LogP contribution in [-0.2, 0) is 6.54 Å². The van der Waals surface area contributed by atoms with Crippen molar-refractivity contribution in [1.82, 2.24) is 5.32 Å². The van der Waals surface area contributed by atoms with Crippen LogP contribution in [0.25, 0.3) is 0 Å². The molecule has 104 valence electrons. The molecule has 3 rings (SSSR count). The van der Waals surface area contributed by atoms with E-state index in [0.717, 1.165) is 11.1 Å². The summed E-state index contributed by atoms with van der Waals surface area (Å²) in [7, 11) is 0. The van der Waals surface area contributed by atoms with Crippen molar-refractivity contribution in [2.75, 3.05) is 0 Å². The molecule has 1 N–H and O–H groups in total. The monoisotopic (exact) mass is 271 g/mol. The van der Waals surface area contributed by atoms with Crippen molar-refractivity contribution < 1.29 is 9.13 Å². The number of halogens is 1. The van der Waals surface area contributed by atoms with Gasteiger partial charge in [-0.25, -0.2) is 4.39 Å². The number of hydrogen-bond acceptors (Lipinski definition) is 2. The molecule has 0 spiro atoms. The highest BCUT2D eigenvalue weighted by atomic mass is 19.1. The van der Waals surface area contributed by atoms with Gasteiger partial charge in [0.15, 0.2) is 11.6 Å². The Morgan fingerprint density at radius 1 is 1.15 bits per heavy atom. The molecule has 2 aromatic carbocycles. The van der Waals surface area contributed by atoms with Crippen LogP contribution < -0.4 is 10.1 Å². The third kappa shape index (κ3) is 3.17. The van der Waals surface area contributed by atoms with Gasteiger partial charge in [-0.3, -0.25) is 0 Å². The largest absolute Gasteiger partial charge is 0.454 e. The van der Waals surface area contributed by atoms with Gasteiger partial charge in [-0.05, 0) is 49.1 Å². The first-order valence-corrected chi connectivity index (χ1v) is 6.97. The lowest BCUT2D eigenvalue weighted by molar-refractivity contribution is 0.438. The van der Waals surface area contributed by atoms with Gasteiger partial charge in [0.2, 0.25) is 0 Å². The highest BCUT2D eigenvalue weighted by Gasteiger charge is 2.20. The van der Waals surface area contributed by atoms with E-state index in [4.69, 9.17) is 4.74 Å². The summed E-state index contributed by atoms with van der Waals surface area (Å²) in [6, 6.07) is 13.4. The van der Waals surface area contributed by atoms with E-state index in [1.165, 1.54) is 12.8 Å². The molecule has 1 aliphatic rings. The molecule has 2 aromatic rings. The fourth-order valence-corrected chi connectivity index (χ4v) is 2.08. The molecule has 0 aliphatic heterocycles. The molecule has 0 amide bonds. The van der Waals surface area contributed by atoms with Crippen LogP contribution in [0.2, 0.25) is 0 Å². The van der Waals surface area contributed by atoms with Gasteiger partial charge in [-0.1, -0.05) is 24.3 Å². The summed E-state index contributed by atoms with van der Waals surface area (Å²) in [4.78, 5) is 0. The van der Waals surface area contributed by atoms with Crippen LogP contribution in [0, 0.1) is 12.7 Å². The van der Waals surface area contributed by atoms with E-state index >= 15 is 0 Å². The average Bonchev–Trinajstić information content (AvgIpc) is 3.26. The van der Waals surface area contributed by atoms with Gasteiger partial charge in [0.25, 0.3) is 0 Å². The average molecular weight is 271 g/mol. The second kappa shape index (κ2) is 5.63. The number of para-hydroxylation sites is 1. The fraction of sp³-hybridized carbons (Fsp3) is 0.294. The van der Waals surface area contributed by atoms with Gasteiger partial charge in [0, 0.05) is 12.6 Å². The van der Waals surface area contributed by atoms with E-state index in [0.29, 0.717) is 18.3 Å². The lowest BCUT2D eigenvalue weighted by Gasteiger charge is -2.10. The first kappa shape index (κ1) is 13.1. The third-order valence-electron chi connectivity index (χ3n) is 3.48. The van der Waals surface area contributed by atoms with Crippen LogP contribution in [0.5, 0.6) is 11.5 Å². The van der Waals surface area contributed by atoms with Crippen molar-refractivity contribution >= 4 is 0 Å². The van der Waals surface area contributed by atoms with Crippen molar-refractivity contribution in [1.29, 1.82) is 0 Å². The summed E-state index contributed by atoms with van der Waals surface area (Å²) in [5.41, 5.74) is 1.94. The molecule has 0 unspecified atom stereocenters. The minimum absolute atomic E-state index is 0.273. The molecule has 1 fully saturated rings. The minimum atomic E-state index is -0.316.